The maximum absolute atomic E-state index is 12.8. The van der Waals surface area contributed by atoms with Crippen LogP contribution in [0.5, 0.6) is 0 Å². The number of rotatable bonds is 4. The van der Waals surface area contributed by atoms with E-state index < -0.39 is 0 Å². The molecule has 7 heteroatoms. The predicted octanol–water partition coefficient (Wildman–Crippen LogP) is 3.65. The summed E-state index contributed by atoms with van der Waals surface area (Å²) >= 11 is 6.06. The van der Waals surface area contributed by atoms with Gasteiger partial charge in [0.15, 0.2) is 0 Å². The highest BCUT2D eigenvalue weighted by Crippen LogP contribution is 2.41. The molecule has 2 aromatic carbocycles. The summed E-state index contributed by atoms with van der Waals surface area (Å²) in [6.07, 6.45) is 2.17. The number of carbonyl (C=O) groups excluding carboxylic acids is 1. The van der Waals surface area contributed by atoms with Gasteiger partial charge in [-0.2, -0.15) is 10.1 Å². The van der Waals surface area contributed by atoms with E-state index in [0.29, 0.717) is 17.4 Å². The van der Waals surface area contributed by atoms with Crippen LogP contribution < -0.4 is 4.90 Å². The molecule has 0 unspecified atom stereocenters. The Bertz CT molecular complexity index is 927. The van der Waals surface area contributed by atoms with E-state index in [1.807, 2.05) is 47.1 Å². The number of hydrogen-bond donors (Lipinski definition) is 0. The lowest BCUT2D eigenvalue weighted by molar-refractivity contribution is -0.123. The number of benzene rings is 2. The first-order valence-electron chi connectivity index (χ1n) is 8.70. The standard InChI is InChI=1S/C20H19ClN4O2/c1-27-12-19(26)24-17(15-7-9-16(21)10-8-15)11-18(14-5-3-2-4-6-14)25-20(24)22-13-23-25/h2-10,13,17-18H,11-12H2,1H3/t17-,18-/m1/s1. The molecule has 1 aliphatic rings. The Morgan fingerprint density at radius 3 is 2.52 bits per heavy atom. The Morgan fingerprint density at radius 2 is 1.81 bits per heavy atom. The minimum Gasteiger partial charge on any atom is -0.375 e. The molecule has 1 aliphatic heterocycles. The third-order valence-corrected chi connectivity index (χ3v) is 5.05. The van der Waals surface area contributed by atoms with E-state index in [2.05, 4.69) is 22.2 Å². The predicted molar refractivity (Wildman–Crippen MR) is 103 cm³/mol. The molecule has 0 N–H and O–H groups in total. The number of methoxy groups -OCH3 is 1. The van der Waals surface area contributed by atoms with Gasteiger partial charge in [-0.15, -0.1) is 0 Å². The first-order valence-corrected chi connectivity index (χ1v) is 9.07. The van der Waals surface area contributed by atoms with Gasteiger partial charge >= 0.3 is 0 Å². The van der Waals surface area contributed by atoms with Crippen LogP contribution in [-0.4, -0.2) is 34.4 Å². The maximum atomic E-state index is 12.8. The zero-order chi connectivity index (χ0) is 18.8. The largest absolute Gasteiger partial charge is 0.375 e. The molecule has 6 nitrogen and oxygen atoms in total. The smallest absolute Gasteiger partial charge is 0.255 e. The fourth-order valence-electron chi connectivity index (χ4n) is 3.59. The van der Waals surface area contributed by atoms with Crippen molar-refractivity contribution in [2.45, 2.75) is 18.5 Å². The number of aromatic nitrogens is 3. The van der Waals surface area contributed by atoms with Crippen LogP contribution in [0.4, 0.5) is 5.95 Å². The SMILES string of the molecule is COCC(=O)N1c2ncnn2[C@@H](c2ccccc2)C[C@@H]1c1ccc(Cl)cc1. The lowest BCUT2D eigenvalue weighted by Crippen LogP contribution is -2.44. The minimum atomic E-state index is -0.188. The number of halogens is 1. The highest BCUT2D eigenvalue weighted by atomic mass is 35.5. The Balaban J connectivity index is 1.82. The summed E-state index contributed by atoms with van der Waals surface area (Å²) < 4.78 is 6.91. The van der Waals surface area contributed by atoms with Crippen LogP contribution in [0, 0.1) is 0 Å². The van der Waals surface area contributed by atoms with Crippen molar-refractivity contribution in [3.8, 4) is 0 Å². The molecule has 138 valence electrons. The van der Waals surface area contributed by atoms with Crippen LogP contribution in [0.15, 0.2) is 60.9 Å². The van der Waals surface area contributed by atoms with Gasteiger partial charge in [0.2, 0.25) is 5.95 Å². The number of ether oxygens (including phenoxy) is 1. The van der Waals surface area contributed by atoms with Crippen molar-refractivity contribution in [2.75, 3.05) is 18.6 Å². The second-order valence-corrected chi connectivity index (χ2v) is 6.87. The van der Waals surface area contributed by atoms with E-state index in [4.69, 9.17) is 16.3 Å². The first kappa shape index (κ1) is 17.7. The third-order valence-electron chi connectivity index (χ3n) is 4.80. The van der Waals surface area contributed by atoms with E-state index in [-0.39, 0.29) is 24.6 Å². The lowest BCUT2D eigenvalue weighted by atomic mass is 9.92. The normalized spacial score (nSPS) is 19.0. The van der Waals surface area contributed by atoms with Gasteiger partial charge in [0.1, 0.15) is 12.9 Å². The van der Waals surface area contributed by atoms with Gasteiger partial charge in [-0.3, -0.25) is 9.69 Å². The molecule has 27 heavy (non-hydrogen) atoms. The van der Waals surface area contributed by atoms with Gasteiger partial charge in [-0.25, -0.2) is 4.68 Å². The van der Waals surface area contributed by atoms with Crippen molar-refractivity contribution >= 4 is 23.5 Å². The fraction of sp³-hybridized carbons (Fsp3) is 0.250. The topological polar surface area (TPSA) is 60.2 Å². The molecule has 2 heterocycles. The molecule has 0 bridgehead atoms. The summed E-state index contributed by atoms with van der Waals surface area (Å²) in [6, 6.07) is 17.5. The molecule has 0 saturated carbocycles. The highest BCUT2D eigenvalue weighted by molar-refractivity contribution is 6.30. The summed E-state index contributed by atoms with van der Waals surface area (Å²) in [5, 5.41) is 5.06. The maximum Gasteiger partial charge on any atom is 0.255 e. The Kier molecular flexibility index (Phi) is 4.92. The van der Waals surface area contributed by atoms with E-state index in [1.54, 1.807) is 4.90 Å². The molecule has 0 fully saturated rings. The monoisotopic (exact) mass is 382 g/mol. The van der Waals surface area contributed by atoms with Crippen LogP contribution in [0.1, 0.15) is 29.6 Å². The molecule has 0 spiro atoms. The van der Waals surface area contributed by atoms with E-state index >= 15 is 0 Å². The molecule has 0 aliphatic carbocycles. The molecule has 2 atom stereocenters. The van der Waals surface area contributed by atoms with E-state index in [9.17, 15) is 4.79 Å². The zero-order valence-electron chi connectivity index (χ0n) is 14.8. The number of hydrogen-bond acceptors (Lipinski definition) is 4. The zero-order valence-corrected chi connectivity index (χ0v) is 15.6. The van der Waals surface area contributed by atoms with Crippen molar-refractivity contribution in [2.24, 2.45) is 0 Å². The molecule has 1 aromatic heterocycles. The van der Waals surface area contributed by atoms with Gasteiger partial charge in [-0.05, 0) is 29.7 Å². The molecular formula is C20H19ClN4O2. The summed E-state index contributed by atoms with van der Waals surface area (Å²) in [5.74, 6) is 0.371. The average Bonchev–Trinajstić information content (AvgIpc) is 3.18. The summed E-state index contributed by atoms with van der Waals surface area (Å²) in [7, 11) is 1.51. The van der Waals surface area contributed by atoms with Crippen molar-refractivity contribution in [3.05, 3.63) is 77.1 Å². The van der Waals surface area contributed by atoms with Gasteiger partial charge in [-0.1, -0.05) is 54.1 Å². The fourth-order valence-corrected chi connectivity index (χ4v) is 3.72. The lowest BCUT2D eigenvalue weighted by Gasteiger charge is -2.39. The Hall–Kier alpha value is -2.70. The number of anilines is 1. The summed E-state index contributed by atoms with van der Waals surface area (Å²) in [5.41, 5.74) is 2.13. The number of nitrogens with zero attached hydrogens (tertiary/aromatic N) is 4. The first-order chi connectivity index (χ1) is 13.2. The quantitative estimate of drug-likeness (QED) is 0.691. The van der Waals surface area contributed by atoms with Crippen molar-refractivity contribution in [1.82, 2.24) is 14.8 Å². The van der Waals surface area contributed by atoms with Crippen LogP contribution in [0.3, 0.4) is 0 Å². The molecule has 0 radical (unpaired) electrons. The van der Waals surface area contributed by atoms with Gasteiger partial charge in [0.05, 0.1) is 12.1 Å². The highest BCUT2D eigenvalue weighted by Gasteiger charge is 2.39. The molecule has 1 amide bonds. The van der Waals surface area contributed by atoms with Crippen molar-refractivity contribution in [1.29, 1.82) is 0 Å². The number of carbonyl (C=O) groups is 1. The van der Waals surface area contributed by atoms with Crippen LogP contribution in [-0.2, 0) is 9.53 Å². The van der Waals surface area contributed by atoms with Gasteiger partial charge in [0, 0.05) is 12.1 Å². The molecule has 4 rings (SSSR count). The van der Waals surface area contributed by atoms with E-state index in [0.717, 1.165) is 11.1 Å². The Morgan fingerprint density at radius 1 is 1.11 bits per heavy atom. The Labute approximate surface area is 162 Å². The van der Waals surface area contributed by atoms with Crippen LogP contribution in [0.2, 0.25) is 5.02 Å². The third kappa shape index (κ3) is 3.34. The van der Waals surface area contributed by atoms with Crippen molar-refractivity contribution in [3.63, 3.8) is 0 Å². The van der Waals surface area contributed by atoms with Crippen LogP contribution >= 0.6 is 11.6 Å². The second kappa shape index (κ2) is 7.50. The minimum absolute atomic E-state index is 0.0176. The van der Waals surface area contributed by atoms with Crippen molar-refractivity contribution < 1.29 is 9.53 Å². The summed E-state index contributed by atoms with van der Waals surface area (Å²) in [6.45, 7) is -0.0209. The second-order valence-electron chi connectivity index (χ2n) is 6.43. The average molecular weight is 383 g/mol. The molecule has 3 aromatic rings. The van der Waals surface area contributed by atoms with E-state index in [1.165, 1.54) is 13.4 Å². The van der Waals surface area contributed by atoms with Crippen LogP contribution in [0.25, 0.3) is 0 Å². The molecule has 0 saturated heterocycles. The van der Waals surface area contributed by atoms with Gasteiger partial charge < -0.3 is 4.74 Å². The van der Waals surface area contributed by atoms with Gasteiger partial charge in [0.25, 0.3) is 5.91 Å². The number of amides is 1. The number of fused-ring (bicyclic) bond motifs is 1. The summed E-state index contributed by atoms with van der Waals surface area (Å²) in [4.78, 5) is 18.9. The molecular weight excluding hydrogens is 364 g/mol.